The van der Waals surface area contributed by atoms with Crippen molar-refractivity contribution in [3.05, 3.63) is 46.9 Å². The molecule has 4 heterocycles. The molecule has 0 saturated carbocycles. The van der Waals surface area contributed by atoms with Gasteiger partial charge in [0.1, 0.15) is 5.76 Å². The normalized spacial score (nSPS) is 21.1. The van der Waals surface area contributed by atoms with Crippen molar-refractivity contribution in [3.8, 4) is 0 Å². The van der Waals surface area contributed by atoms with E-state index in [9.17, 15) is 9.59 Å². The van der Waals surface area contributed by atoms with Crippen molar-refractivity contribution >= 4 is 34.8 Å². The molecule has 2 amide bonds. The van der Waals surface area contributed by atoms with Crippen molar-refractivity contribution in [2.45, 2.75) is 38.0 Å². The molecule has 1 N–H and O–H groups in total. The van der Waals surface area contributed by atoms with Gasteiger partial charge >= 0.3 is 0 Å². The first-order chi connectivity index (χ1) is 15.9. The molecule has 33 heavy (non-hydrogen) atoms. The van der Waals surface area contributed by atoms with E-state index in [1.54, 1.807) is 12.1 Å². The van der Waals surface area contributed by atoms with E-state index in [4.69, 9.17) is 20.8 Å². The van der Waals surface area contributed by atoms with Crippen LogP contribution in [0, 0.1) is 5.41 Å². The molecule has 1 aromatic carbocycles. The van der Waals surface area contributed by atoms with Crippen LogP contribution < -0.4 is 10.2 Å². The largest absolute Gasteiger partial charge is 0.456 e. The lowest BCUT2D eigenvalue weighted by atomic mass is 9.77. The SMILES string of the molecule is CN1CCC2(CCN(c3ccc(Cl)cc3NC(=O)c3ccc(C4CCOCC4)o3)CC2)C1=O. The smallest absolute Gasteiger partial charge is 0.291 e. The molecule has 0 aliphatic carbocycles. The molecular formula is C25H30ClN3O4. The second-order valence-corrected chi connectivity index (χ2v) is 9.88. The summed E-state index contributed by atoms with van der Waals surface area (Å²) in [6.45, 7) is 3.80. The average Bonchev–Trinajstić information content (AvgIpc) is 3.43. The van der Waals surface area contributed by atoms with Crippen molar-refractivity contribution in [1.82, 2.24) is 4.90 Å². The van der Waals surface area contributed by atoms with Gasteiger partial charge in [-0.1, -0.05) is 11.6 Å². The van der Waals surface area contributed by atoms with Gasteiger partial charge in [-0.25, -0.2) is 0 Å². The van der Waals surface area contributed by atoms with E-state index in [1.165, 1.54) is 0 Å². The zero-order valence-electron chi connectivity index (χ0n) is 18.9. The number of anilines is 2. The summed E-state index contributed by atoms with van der Waals surface area (Å²) in [4.78, 5) is 29.8. The van der Waals surface area contributed by atoms with Gasteiger partial charge in [0, 0.05) is 50.8 Å². The van der Waals surface area contributed by atoms with Crippen molar-refractivity contribution in [3.63, 3.8) is 0 Å². The van der Waals surface area contributed by atoms with E-state index in [1.807, 2.05) is 30.1 Å². The fourth-order valence-corrected chi connectivity index (χ4v) is 5.55. The van der Waals surface area contributed by atoms with Crippen LogP contribution in [0.15, 0.2) is 34.7 Å². The first kappa shape index (κ1) is 22.3. The van der Waals surface area contributed by atoms with Crippen LogP contribution in [0.2, 0.25) is 5.02 Å². The van der Waals surface area contributed by atoms with Crippen molar-refractivity contribution in [2.75, 3.05) is 50.1 Å². The molecule has 176 valence electrons. The van der Waals surface area contributed by atoms with Gasteiger partial charge in [0.25, 0.3) is 5.91 Å². The van der Waals surface area contributed by atoms with Crippen LogP contribution in [-0.2, 0) is 9.53 Å². The number of furan rings is 1. The first-order valence-electron chi connectivity index (χ1n) is 11.7. The second-order valence-electron chi connectivity index (χ2n) is 9.45. The lowest BCUT2D eigenvalue weighted by Gasteiger charge is -2.39. The van der Waals surface area contributed by atoms with Gasteiger partial charge in [0.05, 0.1) is 16.8 Å². The molecular weight excluding hydrogens is 442 g/mol. The quantitative estimate of drug-likeness (QED) is 0.709. The van der Waals surface area contributed by atoms with Gasteiger partial charge in [-0.2, -0.15) is 0 Å². The summed E-state index contributed by atoms with van der Waals surface area (Å²) in [6.07, 6.45) is 4.37. The first-order valence-corrected chi connectivity index (χ1v) is 12.1. The summed E-state index contributed by atoms with van der Waals surface area (Å²) in [5.74, 6) is 1.39. The molecule has 0 unspecified atom stereocenters. The number of amides is 2. The molecule has 7 nitrogen and oxygen atoms in total. The number of hydrogen-bond donors (Lipinski definition) is 1. The highest BCUT2D eigenvalue weighted by Crippen LogP contribution is 2.43. The maximum Gasteiger partial charge on any atom is 0.291 e. The van der Waals surface area contributed by atoms with E-state index in [2.05, 4.69) is 10.2 Å². The summed E-state index contributed by atoms with van der Waals surface area (Å²) in [7, 11) is 1.89. The number of carbonyl (C=O) groups is 2. The Morgan fingerprint density at radius 1 is 1.09 bits per heavy atom. The Bertz CT molecular complexity index is 1040. The minimum absolute atomic E-state index is 0.226. The summed E-state index contributed by atoms with van der Waals surface area (Å²) >= 11 is 6.27. The summed E-state index contributed by atoms with van der Waals surface area (Å²) in [5.41, 5.74) is 1.34. The Morgan fingerprint density at radius 2 is 1.82 bits per heavy atom. The molecule has 0 bridgehead atoms. The maximum absolute atomic E-state index is 13.0. The third kappa shape index (κ3) is 4.36. The lowest BCUT2D eigenvalue weighted by molar-refractivity contribution is -0.135. The van der Waals surface area contributed by atoms with E-state index in [-0.39, 0.29) is 17.2 Å². The Labute approximate surface area is 199 Å². The highest BCUT2D eigenvalue weighted by atomic mass is 35.5. The zero-order valence-corrected chi connectivity index (χ0v) is 19.7. The monoisotopic (exact) mass is 471 g/mol. The minimum Gasteiger partial charge on any atom is -0.456 e. The topological polar surface area (TPSA) is 75.0 Å². The van der Waals surface area contributed by atoms with Crippen LogP contribution in [0.1, 0.15) is 54.3 Å². The number of rotatable bonds is 4. The number of carbonyl (C=O) groups excluding carboxylic acids is 2. The Morgan fingerprint density at radius 3 is 2.52 bits per heavy atom. The Balaban J connectivity index is 1.30. The van der Waals surface area contributed by atoms with Crippen LogP contribution in [0.25, 0.3) is 0 Å². The third-order valence-corrected chi connectivity index (χ3v) is 7.70. The van der Waals surface area contributed by atoms with Gasteiger partial charge in [-0.15, -0.1) is 0 Å². The number of nitrogens with zero attached hydrogens (tertiary/aromatic N) is 2. The Hall–Kier alpha value is -2.51. The highest BCUT2D eigenvalue weighted by Gasteiger charge is 2.47. The zero-order chi connectivity index (χ0) is 23.0. The molecule has 1 spiro atoms. The van der Waals surface area contributed by atoms with Gasteiger partial charge in [0.2, 0.25) is 5.91 Å². The molecule has 3 saturated heterocycles. The lowest BCUT2D eigenvalue weighted by Crippen LogP contribution is -2.44. The van der Waals surface area contributed by atoms with Gasteiger partial charge < -0.3 is 24.3 Å². The Kier molecular flexibility index (Phi) is 6.10. The molecule has 0 atom stereocenters. The number of likely N-dealkylation sites (tertiary alicyclic amines) is 1. The standard InChI is InChI=1S/C25H30ClN3O4/c1-28-11-8-25(24(28)31)9-12-29(13-10-25)20-3-2-18(26)16-19(20)27-23(30)22-5-4-21(33-22)17-6-14-32-15-7-17/h2-5,16-17H,6-15H2,1H3,(H,27,30). The predicted molar refractivity (Wildman–Crippen MR) is 127 cm³/mol. The average molecular weight is 472 g/mol. The summed E-state index contributed by atoms with van der Waals surface area (Å²) in [6, 6.07) is 9.17. The summed E-state index contributed by atoms with van der Waals surface area (Å²) < 4.78 is 11.3. The van der Waals surface area contributed by atoms with Gasteiger partial charge in [0.15, 0.2) is 5.76 Å². The molecule has 3 aliphatic rings. The van der Waals surface area contributed by atoms with Crippen molar-refractivity contribution in [2.24, 2.45) is 5.41 Å². The highest BCUT2D eigenvalue weighted by molar-refractivity contribution is 6.31. The number of benzene rings is 1. The molecule has 2 aromatic rings. The van der Waals surface area contributed by atoms with E-state index < -0.39 is 0 Å². The number of hydrogen-bond acceptors (Lipinski definition) is 5. The number of ether oxygens (including phenoxy) is 1. The fourth-order valence-electron chi connectivity index (χ4n) is 5.38. The number of halogens is 1. The molecule has 3 fully saturated rings. The molecule has 1 aromatic heterocycles. The molecule has 8 heteroatoms. The predicted octanol–water partition coefficient (Wildman–Crippen LogP) is 4.53. The molecule has 5 rings (SSSR count). The van der Waals surface area contributed by atoms with Crippen LogP contribution >= 0.6 is 11.6 Å². The van der Waals surface area contributed by atoms with Crippen LogP contribution in [-0.4, -0.2) is 56.6 Å². The van der Waals surface area contributed by atoms with Crippen molar-refractivity contribution in [1.29, 1.82) is 0 Å². The van der Waals surface area contributed by atoms with Gasteiger partial charge in [-0.3, -0.25) is 9.59 Å². The van der Waals surface area contributed by atoms with E-state index in [0.29, 0.717) is 22.4 Å². The second kappa shape index (κ2) is 9.03. The fraction of sp³-hybridized carbons (Fsp3) is 0.520. The van der Waals surface area contributed by atoms with Gasteiger partial charge in [-0.05, 0) is 62.4 Å². The maximum atomic E-state index is 13.0. The van der Waals surface area contributed by atoms with E-state index in [0.717, 1.165) is 76.4 Å². The van der Waals surface area contributed by atoms with Crippen LogP contribution in [0.3, 0.4) is 0 Å². The van der Waals surface area contributed by atoms with Crippen LogP contribution in [0.5, 0.6) is 0 Å². The molecule has 0 radical (unpaired) electrons. The minimum atomic E-state index is -0.294. The number of piperidine rings is 1. The number of nitrogens with one attached hydrogen (secondary N) is 1. The van der Waals surface area contributed by atoms with Crippen molar-refractivity contribution < 1.29 is 18.7 Å². The third-order valence-electron chi connectivity index (χ3n) is 7.47. The van der Waals surface area contributed by atoms with Crippen LogP contribution in [0.4, 0.5) is 11.4 Å². The van der Waals surface area contributed by atoms with E-state index >= 15 is 0 Å². The molecule has 3 aliphatic heterocycles. The summed E-state index contributed by atoms with van der Waals surface area (Å²) in [5, 5.41) is 3.55.